The van der Waals surface area contributed by atoms with Crippen molar-refractivity contribution in [2.24, 2.45) is 5.92 Å². The van der Waals surface area contributed by atoms with Crippen molar-refractivity contribution in [1.82, 2.24) is 0 Å². The fraction of sp³-hybridized carbons (Fsp3) is 0.286. The summed E-state index contributed by atoms with van der Waals surface area (Å²) in [5.41, 5.74) is 5.13. The Morgan fingerprint density at radius 1 is 1.20 bits per heavy atom. The van der Waals surface area contributed by atoms with Crippen LogP contribution >= 0.6 is 11.6 Å². The first-order valence-corrected chi connectivity index (χ1v) is 8.88. The van der Waals surface area contributed by atoms with E-state index in [-0.39, 0.29) is 17.9 Å². The lowest BCUT2D eigenvalue weighted by Gasteiger charge is -2.39. The van der Waals surface area contributed by atoms with Crippen LogP contribution in [0.5, 0.6) is 0 Å². The number of hydrogen-bond donors (Lipinski definition) is 1. The van der Waals surface area contributed by atoms with Crippen LogP contribution in [-0.2, 0) is 4.74 Å². The number of carbonyl (C=O) groups is 1. The van der Waals surface area contributed by atoms with Gasteiger partial charge in [0, 0.05) is 16.6 Å². The standard InChI is InChI=1S/C21H20ClNO2/c1-12-6-11-17(21(24)25-2)18-15-4-3-5-16(15)20(23-19(12)18)13-7-9-14(22)10-8-13/h3-4,6-11,15-16,20,23H,5H2,1-2H3/t15-,16-,20+/m1/s1. The number of fused-ring (bicyclic) bond motifs is 3. The molecule has 3 atom stereocenters. The molecule has 2 aliphatic rings. The quantitative estimate of drug-likeness (QED) is 0.591. The number of halogens is 1. The fourth-order valence-electron chi connectivity index (χ4n) is 4.14. The molecule has 0 aromatic heterocycles. The Morgan fingerprint density at radius 3 is 2.68 bits per heavy atom. The van der Waals surface area contributed by atoms with Crippen molar-refractivity contribution in [2.75, 3.05) is 12.4 Å². The summed E-state index contributed by atoms with van der Waals surface area (Å²) in [6.45, 7) is 2.07. The molecule has 0 amide bonds. The minimum absolute atomic E-state index is 0.191. The largest absolute Gasteiger partial charge is 0.465 e. The van der Waals surface area contributed by atoms with E-state index in [4.69, 9.17) is 16.3 Å². The molecule has 128 valence electrons. The molecule has 0 unspecified atom stereocenters. The Hall–Kier alpha value is -2.26. The van der Waals surface area contributed by atoms with Crippen LogP contribution in [0, 0.1) is 12.8 Å². The summed E-state index contributed by atoms with van der Waals surface area (Å²) in [7, 11) is 1.43. The zero-order valence-corrected chi connectivity index (χ0v) is 15.0. The van der Waals surface area contributed by atoms with Crippen molar-refractivity contribution < 1.29 is 9.53 Å². The van der Waals surface area contributed by atoms with Gasteiger partial charge in [-0.15, -0.1) is 0 Å². The topological polar surface area (TPSA) is 38.3 Å². The average Bonchev–Trinajstić information content (AvgIpc) is 3.11. The molecular formula is C21H20ClNO2. The second kappa shape index (κ2) is 6.23. The molecule has 0 radical (unpaired) electrons. The maximum absolute atomic E-state index is 12.3. The molecule has 25 heavy (non-hydrogen) atoms. The Kier molecular flexibility index (Phi) is 4.04. The van der Waals surface area contributed by atoms with Gasteiger partial charge < -0.3 is 10.1 Å². The fourth-order valence-corrected chi connectivity index (χ4v) is 4.27. The Balaban J connectivity index is 1.85. The van der Waals surface area contributed by atoms with Gasteiger partial charge in [-0.25, -0.2) is 4.79 Å². The molecule has 0 saturated carbocycles. The van der Waals surface area contributed by atoms with Gasteiger partial charge in [0.15, 0.2) is 0 Å². The number of carbonyl (C=O) groups excluding carboxylic acids is 1. The Labute approximate surface area is 152 Å². The molecule has 1 N–H and O–H groups in total. The van der Waals surface area contributed by atoms with Gasteiger partial charge in [-0.1, -0.05) is 42.0 Å². The van der Waals surface area contributed by atoms with E-state index in [0.717, 1.165) is 28.3 Å². The van der Waals surface area contributed by atoms with Crippen LogP contribution in [0.25, 0.3) is 0 Å². The molecule has 0 fully saturated rings. The highest BCUT2D eigenvalue weighted by Crippen LogP contribution is 2.51. The van der Waals surface area contributed by atoms with Gasteiger partial charge in [-0.05, 0) is 54.2 Å². The van der Waals surface area contributed by atoms with E-state index in [9.17, 15) is 4.79 Å². The summed E-state index contributed by atoms with van der Waals surface area (Å²) in [6, 6.07) is 12.1. The lowest BCUT2D eigenvalue weighted by atomic mass is 9.75. The maximum Gasteiger partial charge on any atom is 0.338 e. The Morgan fingerprint density at radius 2 is 1.96 bits per heavy atom. The first kappa shape index (κ1) is 16.2. The second-order valence-electron chi connectivity index (χ2n) is 6.74. The Bertz CT molecular complexity index is 857. The number of nitrogens with one attached hydrogen (secondary N) is 1. The third-order valence-electron chi connectivity index (χ3n) is 5.36. The number of rotatable bonds is 2. The predicted molar refractivity (Wildman–Crippen MR) is 100 cm³/mol. The smallest absolute Gasteiger partial charge is 0.338 e. The highest BCUT2D eigenvalue weighted by molar-refractivity contribution is 6.30. The van der Waals surface area contributed by atoms with Crippen molar-refractivity contribution >= 4 is 23.3 Å². The predicted octanol–water partition coefficient (Wildman–Crippen LogP) is 5.26. The number of hydrogen-bond acceptors (Lipinski definition) is 3. The SMILES string of the molecule is COC(=O)c1ccc(C)c2c1[C@@H]1C=CC[C@H]1[C@H](c1ccc(Cl)cc1)N2. The van der Waals surface area contributed by atoms with Gasteiger partial charge in [0.1, 0.15) is 0 Å². The van der Waals surface area contributed by atoms with Crippen molar-refractivity contribution in [3.05, 3.63) is 75.8 Å². The number of anilines is 1. The van der Waals surface area contributed by atoms with Gasteiger partial charge in [0.25, 0.3) is 0 Å². The van der Waals surface area contributed by atoms with Gasteiger partial charge in [-0.3, -0.25) is 0 Å². The van der Waals surface area contributed by atoms with E-state index >= 15 is 0 Å². The third-order valence-corrected chi connectivity index (χ3v) is 5.61. The molecule has 0 bridgehead atoms. The van der Waals surface area contributed by atoms with E-state index in [1.807, 2.05) is 24.3 Å². The molecule has 0 saturated heterocycles. The average molecular weight is 354 g/mol. The molecular weight excluding hydrogens is 334 g/mol. The molecule has 4 rings (SSSR count). The first-order valence-electron chi connectivity index (χ1n) is 8.50. The van der Waals surface area contributed by atoms with Crippen molar-refractivity contribution in [3.63, 3.8) is 0 Å². The van der Waals surface area contributed by atoms with Crippen LogP contribution in [-0.4, -0.2) is 13.1 Å². The van der Waals surface area contributed by atoms with E-state index < -0.39 is 0 Å². The van der Waals surface area contributed by atoms with Gasteiger partial charge in [0.2, 0.25) is 0 Å². The van der Waals surface area contributed by atoms with E-state index in [0.29, 0.717) is 11.5 Å². The zero-order chi connectivity index (χ0) is 17.6. The van der Waals surface area contributed by atoms with Crippen molar-refractivity contribution in [1.29, 1.82) is 0 Å². The second-order valence-corrected chi connectivity index (χ2v) is 7.17. The van der Waals surface area contributed by atoms with Crippen LogP contribution in [0.15, 0.2) is 48.6 Å². The van der Waals surface area contributed by atoms with E-state index in [1.165, 1.54) is 12.7 Å². The minimum atomic E-state index is -0.276. The molecule has 1 aliphatic carbocycles. The van der Waals surface area contributed by atoms with Crippen LogP contribution in [0.1, 0.15) is 45.4 Å². The van der Waals surface area contributed by atoms with Gasteiger partial charge >= 0.3 is 5.97 Å². The number of ether oxygens (including phenoxy) is 1. The number of aryl methyl sites for hydroxylation is 1. The lowest BCUT2D eigenvalue weighted by Crippen LogP contribution is -2.31. The van der Waals surface area contributed by atoms with Crippen molar-refractivity contribution in [3.8, 4) is 0 Å². The first-order chi connectivity index (χ1) is 12.1. The van der Waals surface area contributed by atoms with Crippen molar-refractivity contribution in [2.45, 2.75) is 25.3 Å². The van der Waals surface area contributed by atoms with Gasteiger partial charge in [-0.2, -0.15) is 0 Å². The monoisotopic (exact) mass is 353 g/mol. The number of benzene rings is 2. The van der Waals surface area contributed by atoms with Crippen LogP contribution < -0.4 is 5.32 Å². The summed E-state index contributed by atoms with van der Waals surface area (Å²) in [6.07, 6.45) is 5.44. The van der Waals surface area contributed by atoms with E-state index in [1.54, 1.807) is 0 Å². The molecule has 2 aromatic carbocycles. The summed E-state index contributed by atoms with van der Waals surface area (Å²) in [5.74, 6) is 0.312. The van der Waals surface area contributed by atoms with Crippen LogP contribution in [0.4, 0.5) is 5.69 Å². The molecule has 3 nitrogen and oxygen atoms in total. The number of allylic oxidation sites excluding steroid dienone is 2. The summed E-state index contributed by atoms with van der Waals surface area (Å²) in [4.78, 5) is 12.3. The highest BCUT2D eigenvalue weighted by atomic mass is 35.5. The summed E-state index contributed by atoms with van der Waals surface area (Å²) < 4.78 is 5.01. The molecule has 2 aromatic rings. The summed E-state index contributed by atoms with van der Waals surface area (Å²) >= 11 is 6.06. The number of esters is 1. The molecule has 1 aliphatic heterocycles. The lowest BCUT2D eigenvalue weighted by molar-refractivity contribution is 0.0598. The summed E-state index contributed by atoms with van der Waals surface area (Å²) in [5, 5.41) is 4.44. The molecule has 0 spiro atoms. The highest BCUT2D eigenvalue weighted by Gasteiger charge is 2.40. The maximum atomic E-state index is 12.3. The molecule has 1 heterocycles. The van der Waals surface area contributed by atoms with E-state index in [2.05, 4.69) is 36.5 Å². The normalized spacial score (nSPS) is 23.6. The number of methoxy groups -OCH3 is 1. The van der Waals surface area contributed by atoms with Crippen LogP contribution in [0.2, 0.25) is 5.02 Å². The van der Waals surface area contributed by atoms with Crippen LogP contribution in [0.3, 0.4) is 0 Å². The minimum Gasteiger partial charge on any atom is -0.465 e. The molecule has 4 heteroatoms. The van der Waals surface area contributed by atoms with Gasteiger partial charge in [0.05, 0.1) is 18.7 Å². The zero-order valence-electron chi connectivity index (χ0n) is 14.3. The third kappa shape index (κ3) is 2.63.